The van der Waals surface area contributed by atoms with Crippen LogP contribution in [0, 0.1) is 0 Å². The normalized spacial score (nSPS) is 14.1. The predicted molar refractivity (Wildman–Crippen MR) is 68.1 cm³/mol. The van der Waals surface area contributed by atoms with Crippen molar-refractivity contribution in [3.63, 3.8) is 0 Å². The maximum Gasteiger partial charge on any atom is 0.419 e. The number of rotatable bonds is 4. The number of halogens is 3. The molecule has 22 heavy (non-hydrogen) atoms. The summed E-state index contributed by atoms with van der Waals surface area (Å²) in [7, 11) is 1.05. The fourth-order valence-electron chi connectivity index (χ4n) is 1.64. The number of ether oxygens (including phenoxy) is 1. The Bertz CT molecular complexity index is 571. The summed E-state index contributed by atoms with van der Waals surface area (Å²) >= 11 is 0. The van der Waals surface area contributed by atoms with Crippen molar-refractivity contribution in [2.24, 2.45) is 0 Å². The van der Waals surface area contributed by atoms with E-state index < -0.39 is 41.5 Å². The van der Waals surface area contributed by atoms with E-state index >= 15 is 0 Å². The lowest BCUT2D eigenvalue weighted by Gasteiger charge is -2.19. The molecule has 1 aromatic rings. The highest BCUT2D eigenvalue weighted by molar-refractivity contribution is 5.97. The van der Waals surface area contributed by atoms with E-state index in [0.717, 1.165) is 13.2 Å². The van der Waals surface area contributed by atoms with Crippen molar-refractivity contribution >= 4 is 11.9 Å². The first-order valence-corrected chi connectivity index (χ1v) is 6.05. The molecule has 0 aliphatic heterocycles. The second-order valence-electron chi connectivity index (χ2n) is 4.44. The third kappa shape index (κ3) is 4.10. The quantitative estimate of drug-likeness (QED) is 0.721. The Balaban J connectivity index is 2.99. The molecular weight excluding hydrogens is 307 g/mol. The van der Waals surface area contributed by atoms with Crippen molar-refractivity contribution in [3.05, 3.63) is 29.3 Å². The third-order valence-electron chi connectivity index (χ3n) is 2.79. The Morgan fingerprint density at radius 3 is 2.32 bits per heavy atom. The molecule has 122 valence electrons. The van der Waals surface area contributed by atoms with Crippen LogP contribution in [-0.2, 0) is 15.7 Å². The van der Waals surface area contributed by atoms with Crippen molar-refractivity contribution in [2.45, 2.75) is 25.2 Å². The standard InChI is InChI=1S/C13H14F3NO5/c1-6(18)10(12(21)22-2)17-11(20)7-3-4-8(9(19)5-7)13(14,15)16/h3-6,10,18-19H,1-2H3,(H,17,20)/t6-,10+/m1/s1. The minimum Gasteiger partial charge on any atom is -0.507 e. The van der Waals surface area contributed by atoms with Gasteiger partial charge in [0, 0.05) is 5.56 Å². The van der Waals surface area contributed by atoms with Crippen molar-refractivity contribution in [1.82, 2.24) is 5.32 Å². The molecule has 1 amide bonds. The molecule has 0 bridgehead atoms. The molecule has 1 rings (SSSR count). The van der Waals surface area contributed by atoms with Gasteiger partial charge in [0.25, 0.3) is 5.91 Å². The van der Waals surface area contributed by atoms with Gasteiger partial charge in [-0.2, -0.15) is 13.2 Å². The van der Waals surface area contributed by atoms with Crippen LogP contribution in [0.5, 0.6) is 5.75 Å². The van der Waals surface area contributed by atoms with Gasteiger partial charge in [0.1, 0.15) is 5.75 Å². The number of esters is 1. The Morgan fingerprint density at radius 1 is 1.32 bits per heavy atom. The fourth-order valence-corrected chi connectivity index (χ4v) is 1.64. The van der Waals surface area contributed by atoms with Gasteiger partial charge >= 0.3 is 12.1 Å². The third-order valence-corrected chi connectivity index (χ3v) is 2.79. The predicted octanol–water partition coefficient (Wildman–Crippen LogP) is 1.06. The maximum absolute atomic E-state index is 12.5. The molecule has 2 atom stereocenters. The van der Waals surface area contributed by atoms with Crippen LogP contribution in [0.15, 0.2) is 18.2 Å². The van der Waals surface area contributed by atoms with E-state index in [-0.39, 0.29) is 5.56 Å². The molecule has 0 fully saturated rings. The summed E-state index contributed by atoms with van der Waals surface area (Å²) in [5.41, 5.74) is -1.59. The highest BCUT2D eigenvalue weighted by Crippen LogP contribution is 2.35. The molecule has 3 N–H and O–H groups in total. The van der Waals surface area contributed by atoms with E-state index in [1.54, 1.807) is 0 Å². The van der Waals surface area contributed by atoms with Gasteiger partial charge in [0.05, 0.1) is 18.8 Å². The van der Waals surface area contributed by atoms with Crippen LogP contribution in [0.2, 0.25) is 0 Å². The number of hydrogen-bond donors (Lipinski definition) is 3. The van der Waals surface area contributed by atoms with Crippen molar-refractivity contribution in [1.29, 1.82) is 0 Å². The molecule has 0 radical (unpaired) electrons. The lowest BCUT2D eigenvalue weighted by atomic mass is 10.1. The second kappa shape index (κ2) is 6.65. The summed E-state index contributed by atoms with van der Waals surface area (Å²) in [5, 5.41) is 20.8. The number of phenolic OH excluding ortho intramolecular Hbond substituents is 1. The highest BCUT2D eigenvalue weighted by atomic mass is 19.4. The SMILES string of the molecule is COC(=O)[C@@H](NC(=O)c1ccc(C(F)(F)F)c(O)c1)[C@@H](C)O. The first-order chi connectivity index (χ1) is 10.1. The zero-order valence-corrected chi connectivity index (χ0v) is 11.6. The number of aliphatic hydroxyl groups is 1. The van der Waals surface area contributed by atoms with Crippen molar-refractivity contribution < 1.29 is 37.7 Å². The molecule has 0 unspecified atom stereocenters. The van der Waals surface area contributed by atoms with Crippen LogP contribution in [0.3, 0.4) is 0 Å². The second-order valence-corrected chi connectivity index (χ2v) is 4.44. The zero-order valence-electron chi connectivity index (χ0n) is 11.6. The summed E-state index contributed by atoms with van der Waals surface area (Å²) in [5.74, 6) is -2.98. The van der Waals surface area contributed by atoms with Gasteiger partial charge < -0.3 is 20.3 Å². The Kier molecular flexibility index (Phi) is 5.37. The maximum atomic E-state index is 12.5. The molecule has 0 spiro atoms. The number of carbonyl (C=O) groups is 2. The van der Waals surface area contributed by atoms with Crippen LogP contribution in [0.1, 0.15) is 22.8 Å². The first kappa shape index (κ1) is 17.8. The first-order valence-electron chi connectivity index (χ1n) is 6.05. The van der Waals surface area contributed by atoms with E-state index in [4.69, 9.17) is 0 Å². The fraction of sp³-hybridized carbons (Fsp3) is 0.385. The highest BCUT2D eigenvalue weighted by Gasteiger charge is 2.34. The average Bonchev–Trinajstić information content (AvgIpc) is 2.41. The number of aliphatic hydroxyl groups excluding tert-OH is 1. The van der Waals surface area contributed by atoms with Gasteiger partial charge in [-0.3, -0.25) is 4.79 Å². The van der Waals surface area contributed by atoms with E-state index in [1.807, 2.05) is 0 Å². The average molecular weight is 321 g/mol. The largest absolute Gasteiger partial charge is 0.507 e. The number of methoxy groups -OCH3 is 1. The number of hydrogen-bond acceptors (Lipinski definition) is 5. The van der Waals surface area contributed by atoms with E-state index in [2.05, 4.69) is 10.1 Å². The molecule has 0 heterocycles. The lowest BCUT2D eigenvalue weighted by molar-refractivity contribution is -0.145. The molecule has 0 saturated heterocycles. The summed E-state index contributed by atoms with van der Waals surface area (Å²) in [4.78, 5) is 23.2. The number of phenols is 1. The van der Waals surface area contributed by atoms with Crippen LogP contribution in [-0.4, -0.2) is 41.3 Å². The Labute approximate surface area is 123 Å². The molecule has 6 nitrogen and oxygen atoms in total. The Hall–Kier alpha value is -2.29. The van der Waals surface area contributed by atoms with E-state index in [1.165, 1.54) is 6.92 Å². The summed E-state index contributed by atoms with van der Waals surface area (Å²) in [6.45, 7) is 1.23. The molecule has 1 aromatic carbocycles. The number of carbonyl (C=O) groups excluding carboxylic acids is 2. The van der Waals surface area contributed by atoms with Crippen LogP contribution >= 0.6 is 0 Å². The van der Waals surface area contributed by atoms with E-state index in [0.29, 0.717) is 12.1 Å². The van der Waals surface area contributed by atoms with Crippen molar-refractivity contribution in [2.75, 3.05) is 7.11 Å². The monoisotopic (exact) mass is 321 g/mol. The molecule has 0 aliphatic rings. The molecule has 9 heteroatoms. The molecule has 0 saturated carbocycles. The molecular formula is C13H14F3NO5. The van der Waals surface area contributed by atoms with Gasteiger partial charge in [-0.25, -0.2) is 4.79 Å². The number of nitrogens with one attached hydrogen (secondary N) is 1. The van der Waals surface area contributed by atoms with Gasteiger partial charge in [-0.15, -0.1) is 0 Å². The van der Waals surface area contributed by atoms with Gasteiger partial charge in [-0.05, 0) is 25.1 Å². The van der Waals surface area contributed by atoms with Crippen LogP contribution in [0.25, 0.3) is 0 Å². The van der Waals surface area contributed by atoms with E-state index in [9.17, 15) is 33.0 Å². The van der Waals surface area contributed by atoms with Crippen molar-refractivity contribution in [3.8, 4) is 5.75 Å². The summed E-state index contributed by atoms with van der Waals surface area (Å²) in [6.07, 6.45) is -6.03. The summed E-state index contributed by atoms with van der Waals surface area (Å²) < 4.78 is 41.9. The van der Waals surface area contributed by atoms with Gasteiger partial charge in [0.2, 0.25) is 0 Å². The van der Waals surface area contributed by atoms with Crippen LogP contribution < -0.4 is 5.32 Å². The van der Waals surface area contributed by atoms with Gasteiger partial charge in [-0.1, -0.05) is 0 Å². The smallest absolute Gasteiger partial charge is 0.419 e. The number of aromatic hydroxyl groups is 1. The summed E-state index contributed by atoms with van der Waals surface area (Å²) in [6, 6.07) is 0.615. The number of alkyl halides is 3. The number of amides is 1. The minimum atomic E-state index is -4.76. The lowest BCUT2D eigenvalue weighted by Crippen LogP contribution is -2.48. The van der Waals surface area contributed by atoms with Crippen LogP contribution in [0.4, 0.5) is 13.2 Å². The number of benzene rings is 1. The van der Waals surface area contributed by atoms with Gasteiger partial charge in [0.15, 0.2) is 6.04 Å². The Morgan fingerprint density at radius 2 is 1.91 bits per heavy atom. The topological polar surface area (TPSA) is 95.9 Å². The minimum absolute atomic E-state index is 0.306. The molecule has 0 aliphatic carbocycles. The molecule has 0 aromatic heterocycles. The zero-order chi connectivity index (χ0) is 17.1.